The van der Waals surface area contributed by atoms with Gasteiger partial charge in [-0.25, -0.2) is 9.59 Å². The number of ether oxygens (including phenoxy) is 3. The molecule has 0 aromatic heterocycles. The van der Waals surface area contributed by atoms with Gasteiger partial charge in [0.1, 0.15) is 17.2 Å². The van der Waals surface area contributed by atoms with E-state index in [0.29, 0.717) is 12.8 Å². The lowest BCUT2D eigenvalue weighted by Gasteiger charge is -2.45. The first-order valence-corrected chi connectivity index (χ1v) is 12.5. The third-order valence-electron chi connectivity index (χ3n) is 5.75. The zero-order valence-corrected chi connectivity index (χ0v) is 23.6. The van der Waals surface area contributed by atoms with Crippen molar-refractivity contribution in [2.45, 2.75) is 110 Å². The number of likely N-dealkylation sites (tertiary alicyclic amines) is 1. The average Bonchev–Trinajstić information content (AvgIpc) is 3.07. The topological polar surface area (TPSA) is 94.2 Å². The van der Waals surface area contributed by atoms with Crippen LogP contribution in [0.25, 0.3) is 0 Å². The minimum atomic E-state index is -0.963. The molecule has 0 aromatic rings. The fourth-order valence-corrected chi connectivity index (χ4v) is 4.55. The SMILES string of the molecule is C=CCO[C@@](C)(CC=C)[C@H](NC(C)=O)[C@H]1[C@H](C=CC)C[C@@H](C(=O)OC(C)(C)C)N1C(=O)OC(C)(C)C. The first-order valence-electron chi connectivity index (χ1n) is 12.5. The molecule has 1 saturated heterocycles. The zero-order valence-electron chi connectivity index (χ0n) is 23.6. The van der Waals surface area contributed by atoms with Crippen molar-refractivity contribution >= 4 is 18.0 Å². The summed E-state index contributed by atoms with van der Waals surface area (Å²) in [6.45, 7) is 23.6. The Kier molecular flexibility index (Phi) is 11.0. The predicted octanol–water partition coefficient (Wildman–Crippen LogP) is 4.94. The standard InChI is InChI=1S/C28H46N2O6/c1-12-15-20-18-21(24(32)35-26(5,6)7)30(25(33)36-27(8,9)10)22(20)23(29-19(4)31)28(11,16-13-2)34-17-14-3/h12-15,20-23H,2-3,16-18H2,1,4-11H3,(H,29,31)/t20-,21+,22-,23-,28+/m1/s1. The number of amides is 2. The van der Waals surface area contributed by atoms with E-state index in [1.165, 1.54) is 11.8 Å². The number of nitrogens with zero attached hydrogens (tertiary/aromatic N) is 1. The molecule has 0 bridgehead atoms. The summed E-state index contributed by atoms with van der Waals surface area (Å²) in [7, 11) is 0. The highest BCUT2D eigenvalue weighted by Crippen LogP contribution is 2.40. The molecule has 0 aromatic carbocycles. The van der Waals surface area contributed by atoms with Gasteiger partial charge < -0.3 is 19.5 Å². The number of nitrogens with one attached hydrogen (secondary N) is 1. The van der Waals surface area contributed by atoms with Crippen molar-refractivity contribution in [3.05, 3.63) is 37.5 Å². The van der Waals surface area contributed by atoms with Crippen LogP contribution in [0.3, 0.4) is 0 Å². The molecule has 2 amide bonds. The molecule has 0 saturated carbocycles. The van der Waals surface area contributed by atoms with Crippen LogP contribution in [0.5, 0.6) is 0 Å². The maximum absolute atomic E-state index is 13.7. The third kappa shape index (κ3) is 8.80. The molecule has 0 spiro atoms. The van der Waals surface area contributed by atoms with Gasteiger partial charge in [-0.1, -0.05) is 24.3 Å². The van der Waals surface area contributed by atoms with Crippen molar-refractivity contribution in [2.75, 3.05) is 6.61 Å². The molecule has 0 aliphatic carbocycles. The summed E-state index contributed by atoms with van der Waals surface area (Å²) in [5, 5.41) is 3.02. The van der Waals surface area contributed by atoms with Gasteiger partial charge in [-0.3, -0.25) is 9.69 Å². The highest BCUT2D eigenvalue weighted by atomic mass is 16.6. The van der Waals surface area contributed by atoms with Crippen molar-refractivity contribution in [3.63, 3.8) is 0 Å². The van der Waals surface area contributed by atoms with Gasteiger partial charge in [0, 0.05) is 12.8 Å². The van der Waals surface area contributed by atoms with Crippen LogP contribution in [0.15, 0.2) is 37.5 Å². The van der Waals surface area contributed by atoms with Crippen LogP contribution >= 0.6 is 0 Å². The van der Waals surface area contributed by atoms with Gasteiger partial charge in [-0.2, -0.15) is 0 Å². The van der Waals surface area contributed by atoms with E-state index in [0.717, 1.165) is 0 Å². The Morgan fingerprint density at radius 1 is 1.03 bits per heavy atom. The summed E-state index contributed by atoms with van der Waals surface area (Å²) in [6, 6.07) is -2.27. The first-order chi connectivity index (χ1) is 16.5. The summed E-state index contributed by atoms with van der Waals surface area (Å²) in [5.41, 5.74) is -2.51. The molecule has 0 unspecified atom stereocenters. The third-order valence-corrected chi connectivity index (χ3v) is 5.75. The minimum absolute atomic E-state index is 0.226. The average molecular weight is 507 g/mol. The Balaban J connectivity index is 3.79. The van der Waals surface area contributed by atoms with Crippen LogP contribution in [0.2, 0.25) is 0 Å². The minimum Gasteiger partial charge on any atom is -0.458 e. The highest BCUT2D eigenvalue weighted by molar-refractivity contribution is 5.83. The van der Waals surface area contributed by atoms with Crippen molar-refractivity contribution in [1.82, 2.24) is 10.2 Å². The van der Waals surface area contributed by atoms with E-state index < -0.39 is 47.0 Å². The lowest BCUT2D eigenvalue weighted by atomic mass is 9.81. The van der Waals surface area contributed by atoms with Crippen molar-refractivity contribution in [1.29, 1.82) is 0 Å². The van der Waals surface area contributed by atoms with Gasteiger partial charge in [-0.05, 0) is 68.2 Å². The van der Waals surface area contributed by atoms with Crippen LogP contribution in [0, 0.1) is 5.92 Å². The molecule has 1 aliphatic heterocycles. The Labute approximate surface area is 217 Å². The number of esters is 1. The van der Waals surface area contributed by atoms with Gasteiger partial charge in [0.25, 0.3) is 0 Å². The maximum atomic E-state index is 13.7. The molecule has 8 heteroatoms. The molecule has 1 heterocycles. The molecule has 1 fully saturated rings. The normalized spacial score (nSPS) is 23.0. The number of hydrogen-bond donors (Lipinski definition) is 1. The number of allylic oxidation sites excluding steroid dienone is 1. The van der Waals surface area contributed by atoms with Gasteiger partial charge in [0.05, 0.1) is 24.3 Å². The molecule has 36 heavy (non-hydrogen) atoms. The van der Waals surface area contributed by atoms with Crippen LogP contribution in [-0.2, 0) is 23.8 Å². The largest absolute Gasteiger partial charge is 0.458 e. The van der Waals surface area contributed by atoms with E-state index in [1.807, 2.05) is 26.0 Å². The summed E-state index contributed by atoms with van der Waals surface area (Å²) in [6.07, 6.45) is 7.19. The molecule has 8 nitrogen and oxygen atoms in total. The molecule has 1 rings (SSSR count). The van der Waals surface area contributed by atoms with Gasteiger partial charge in [0.15, 0.2) is 0 Å². The summed E-state index contributed by atoms with van der Waals surface area (Å²) < 4.78 is 17.7. The summed E-state index contributed by atoms with van der Waals surface area (Å²) in [5.74, 6) is -1.10. The molecule has 5 atom stereocenters. The van der Waals surface area contributed by atoms with E-state index in [-0.39, 0.29) is 18.4 Å². The van der Waals surface area contributed by atoms with Crippen molar-refractivity contribution in [2.24, 2.45) is 5.92 Å². The van der Waals surface area contributed by atoms with Crippen molar-refractivity contribution < 1.29 is 28.6 Å². The Morgan fingerprint density at radius 3 is 2.06 bits per heavy atom. The molecule has 1 N–H and O–H groups in total. The Bertz CT molecular complexity index is 838. The zero-order chi connectivity index (χ0) is 27.9. The van der Waals surface area contributed by atoms with Crippen LogP contribution in [0.4, 0.5) is 4.79 Å². The predicted molar refractivity (Wildman–Crippen MR) is 141 cm³/mol. The van der Waals surface area contributed by atoms with Gasteiger partial charge >= 0.3 is 12.1 Å². The molecular weight excluding hydrogens is 460 g/mol. The van der Waals surface area contributed by atoms with Crippen LogP contribution < -0.4 is 5.32 Å². The monoisotopic (exact) mass is 506 g/mol. The fraction of sp³-hybridized carbons (Fsp3) is 0.679. The summed E-state index contributed by atoms with van der Waals surface area (Å²) in [4.78, 5) is 40.9. The lowest BCUT2D eigenvalue weighted by Crippen LogP contribution is -2.64. The quantitative estimate of drug-likeness (QED) is 0.333. The van der Waals surface area contributed by atoms with Crippen LogP contribution in [-0.4, -0.2) is 64.4 Å². The number of carbonyl (C=O) groups is 3. The highest BCUT2D eigenvalue weighted by Gasteiger charge is 2.55. The fourth-order valence-electron chi connectivity index (χ4n) is 4.55. The Morgan fingerprint density at radius 2 is 1.61 bits per heavy atom. The molecule has 1 aliphatic rings. The lowest BCUT2D eigenvalue weighted by molar-refractivity contribution is -0.161. The van der Waals surface area contributed by atoms with Gasteiger partial charge in [-0.15, -0.1) is 13.2 Å². The van der Waals surface area contributed by atoms with Crippen LogP contribution in [0.1, 0.15) is 75.2 Å². The molecule has 0 radical (unpaired) electrons. The van der Waals surface area contributed by atoms with E-state index in [1.54, 1.807) is 53.7 Å². The smallest absolute Gasteiger partial charge is 0.411 e. The maximum Gasteiger partial charge on any atom is 0.411 e. The number of hydrogen-bond acceptors (Lipinski definition) is 6. The second-order valence-electron chi connectivity index (χ2n) is 11.4. The number of carbonyl (C=O) groups excluding carboxylic acids is 3. The van der Waals surface area contributed by atoms with Gasteiger partial charge in [0.2, 0.25) is 5.91 Å². The second-order valence-corrected chi connectivity index (χ2v) is 11.4. The van der Waals surface area contributed by atoms with E-state index in [4.69, 9.17) is 14.2 Å². The molecule has 204 valence electrons. The molecular formula is C28H46N2O6. The summed E-state index contributed by atoms with van der Waals surface area (Å²) >= 11 is 0. The Hall–Kier alpha value is -2.61. The van der Waals surface area contributed by atoms with Crippen molar-refractivity contribution in [3.8, 4) is 0 Å². The van der Waals surface area contributed by atoms with E-state index in [2.05, 4.69) is 18.5 Å². The number of rotatable bonds is 10. The first kappa shape index (κ1) is 31.4. The van der Waals surface area contributed by atoms with E-state index in [9.17, 15) is 14.4 Å². The van der Waals surface area contributed by atoms with E-state index >= 15 is 0 Å². The second kappa shape index (κ2) is 12.6.